The topological polar surface area (TPSA) is 38.9 Å². The summed E-state index contributed by atoms with van der Waals surface area (Å²) in [7, 11) is 0. The molecule has 1 aromatic heterocycles. The van der Waals surface area contributed by atoms with Crippen LogP contribution >= 0.6 is 11.8 Å². The summed E-state index contributed by atoms with van der Waals surface area (Å²) in [6, 6.07) is 12.8. The number of rotatable bonds is 3. The fourth-order valence-corrected chi connectivity index (χ4v) is 2.67. The average molecular weight is 286 g/mol. The molecule has 0 fully saturated rings. The predicted molar refractivity (Wildman–Crippen MR) is 86.1 cm³/mol. The van der Waals surface area contributed by atoms with Crippen molar-refractivity contribution in [3.05, 3.63) is 53.9 Å². The van der Waals surface area contributed by atoms with Crippen LogP contribution in [0.25, 0.3) is 0 Å². The first kappa shape index (κ1) is 15.1. The SMILES string of the molecule is C[C@@H](N)c1ccc(Sc2ccc(C(C)(C)C)cc2)cn1. The van der Waals surface area contributed by atoms with Gasteiger partial charge in [0.05, 0.1) is 5.69 Å². The van der Waals surface area contributed by atoms with Crippen LogP contribution in [0, 0.1) is 0 Å². The second kappa shape index (κ2) is 5.98. The van der Waals surface area contributed by atoms with E-state index in [1.54, 1.807) is 11.8 Å². The summed E-state index contributed by atoms with van der Waals surface area (Å²) in [6.45, 7) is 8.63. The van der Waals surface area contributed by atoms with Crippen molar-refractivity contribution in [2.75, 3.05) is 0 Å². The van der Waals surface area contributed by atoms with E-state index in [4.69, 9.17) is 5.73 Å². The molecule has 2 N–H and O–H groups in total. The van der Waals surface area contributed by atoms with E-state index in [1.807, 2.05) is 19.2 Å². The van der Waals surface area contributed by atoms with Gasteiger partial charge in [-0.15, -0.1) is 0 Å². The highest BCUT2D eigenvalue weighted by Gasteiger charge is 2.13. The number of nitrogens with zero attached hydrogens (tertiary/aromatic N) is 1. The molecular formula is C17H22N2S. The van der Waals surface area contributed by atoms with Crippen LogP contribution in [0.4, 0.5) is 0 Å². The molecule has 0 amide bonds. The normalized spacial score (nSPS) is 13.2. The maximum absolute atomic E-state index is 5.80. The number of hydrogen-bond donors (Lipinski definition) is 1. The highest BCUT2D eigenvalue weighted by Crippen LogP contribution is 2.30. The van der Waals surface area contributed by atoms with Crippen LogP contribution in [0.2, 0.25) is 0 Å². The third kappa shape index (κ3) is 3.84. The van der Waals surface area contributed by atoms with Crippen LogP contribution in [-0.4, -0.2) is 4.98 Å². The molecule has 2 nitrogen and oxygen atoms in total. The zero-order valence-electron chi connectivity index (χ0n) is 12.6. The molecule has 3 heteroatoms. The predicted octanol–water partition coefficient (Wildman–Crippen LogP) is 4.55. The number of pyridine rings is 1. The van der Waals surface area contributed by atoms with E-state index in [2.05, 4.69) is 56.1 Å². The standard InChI is InChI=1S/C17H22N2S/c1-12(18)16-10-9-15(11-19-16)20-14-7-5-13(6-8-14)17(2,3)4/h5-12H,18H2,1-4H3/t12-/m1/s1. The first-order valence-electron chi connectivity index (χ1n) is 6.86. The van der Waals surface area contributed by atoms with Crippen LogP contribution < -0.4 is 5.73 Å². The number of aromatic nitrogens is 1. The maximum atomic E-state index is 5.80. The van der Waals surface area contributed by atoms with Crippen LogP contribution in [0.1, 0.15) is 45.0 Å². The zero-order chi connectivity index (χ0) is 14.8. The fourth-order valence-electron chi connectivity index (χ4n) is 1.88. The van der Waals surface area contributed by atoms with Gasteiger partial charge in [0.1, 0.15) is 0 Å². The monoisotopic (exact) mass is 286 g/mol. The van der Waals surface area contributed by atoms with Crippen LogP contribution in [-0.2, 0) is 5.41 Å². The van der Waals surface area contributed by atoms with Gasteiger partial charge in [-0.25, -0.2) is 0 Å². The van der Waals surface area contributed by atoms with Crippen molar-refractivity contribution >= 4 is 11.8 Å². The Morgan fingerprint density at radius 2 is 1.60 bits per heavy atom. The van der Waals surface area contributed by atoms with Crippen molar-refractivity contribution in [2.45, 2.75) is 48.9 Å². The molecule has 0 saturated carbocycles. The quantitative estimate of drug-likeness (QED) is 0.899. The lowest BCUT2D eigenvalue weighted by atomic mass is 9.87. The Morgan fingerprint density at radius 3 is 2.05 bits per heavy atom. The van der Waals surface area contributed by atoms with Crippen molar-refractivity contribution in [1.29, 1.82) is 0 Å². The molecule has 0 radical (unpaired) electrons. The highest BCUT2D eigenvalue weighted by molar-refractivity contribution is 7.99. The van der Waals surface area contributed by atoms with Gasteiger partial charge in [0.2, 0.25) is 0 Å². The summed E-state index contributed by atoms with van der Waals surface area (Å²) in [5.74, 6) is 0. The molecule has 106 valence electrons. The Hall–Kier alpha value is -1.32. The molecule has 20 heavy (non-hydrogen) atoms. The molecule has 0 aliphatic carbocycles. The van der Waals surface area contributed by atoms with Gasteiger partial charge in [0.25, 0.3) is 0 Å². The van der Waals surface area contributed by atoms with E-state index in [1.165, 1.54) is 10.5 Å². The lowest BCUT2D eigenvalue weighted by Gasteiger charge is -2.19. The van der Waals surface area contributed by atoms with E-state index in [9.17, 15) is 0 Å². The van der Waals surface area contributed by atoms with E-state index >= 15 is 0 Å². The number of nitrogens with two attached hydrogens (primary N) is 1. The molecule has 2 aromatic rings. The van der Waals surface area contributed by atoms with Crippen molar-refractivity contribution < 1.29 is 0 Å². The summed E-state index contributed by atoms with van der Waals surface area (Å²) in [5, 5.41) is 0. The smallest absolute Gasteiger partial charge is 0.0569 e. The van der Waals surface area contributed by atoms with Gasteiger partial charge in [-0.2, -0.15) is 0 Å². The summed E-state index contributed by atoms with van der Waals surface area (Å²) in [6.07, 6.45) is 1.89. The molecular weight excluding hydrogens is 264 g/mol. The number of hydrogen-bond acceptors (Lipinski definition) is 3. The van der Waals surface area contributed by atoms with Gasteiger partial charge >= 0.3 is 0 Å². The van der Waals surface area contributed by atoms with Gasteiger partial charge in [-0.05, 0) is 42.2 Å². The second-order valence-electron chi connectivity index (χ2n) is 6.08. The minimum atomic E-state index is -0.0138. The minimum absolute atomic E-state index is 0.0138. The van der Waals surface area contributed by atoms with Gasteiger partial charge in [0, 0.05) is 22.0 Å². The summed E-state index contributed by atoms with van der Waals surface area (Å²) in [4.78, 5) is 6.75. The second-order valence-corrected chi connectivity index (χ2v) is 7.23. The summed E-state index contributed by atoms with van der Waals surface area (Å²) in [5.41, 5.74) is 8.28. The Bertz CT molecular complexity index is 551. The molecule has 0 bridgehead atoms. The number of benzene rings is 1. The van der Waals surface area contributed by atoms with Gasteiger partial charge < -0.3 is 5.73 Å². The summed E-state index contributed by atoms with van der Waals surface area (Å²) < 4.78 is 0. The van der Waals surface area contributed by atoms with Crippen LogP contribution in [0.15, 0.2) is 52.4 Å². The molecule has 1 atom stereocenters. The molecule has 0 aliphatic heterocycles. The molecule has 0 spiro atoms. The summed E-state index contributed by atoms with van der Waals surface area (Å²) >= 11 is 1.72. The van der Waals surface area contributed by atoms with E-state index in [0.29, 0.717) is 0 Å². The van der Waals surface area contributed by atoms with Crippen molar-refractivity contribution in [2.24, 2.45) is 5.73 Å². The van der Waals surface area contributed by atoms with Crippen molar-refractivity contribution in [3.63, 3.8) is 0 Å². The third-order valence-electron chi connectivity index (χ3n) is 3.18. The lowest BCUT2D eigenvalue weighted by molar-refractivity contribution is 0.590. The maximum Gasteiger partial charge on any atom is 0.0569 e. The lowest BCUT2D eigenvalue weighted by Crippen LogP contribution is -2.10. The van der Waals surface area contributed by atoms with Crippen LogP contribution in [0.3, 0.4) is 0 Å². The fraction of sp³-hybridized carbons (Fsp3) is 0.353. The molecule has 0 unspecified atom stereocenters. The van der Waals surface area contributed by atoms with Gasteiger partial charge in [-0.3, -0.25) is 4.98 Å². The van der Waals surface area contributed by atoms with Crippen molar-refractivity contribution in [3.8, 4) is 0 Å². The van der Waals surface area contributed by atoms with Gasteiger partial charge in [0.15, 0.2) is 0 Å². The molecule has 2 rings (SSSR count). The Kier molecular flexibility index (Phi) is 4.51. The Labute approximate surface area is 125 Å². The molecule has 1 aromatic carbocycles. The first-order chi connectivity index (χ1) is 9.36. The zero-order valence-corrected chi connectivity index (χ0v) is 13.4. The highest BCUT2D eigenvalue weighted by atomic mass is 32.2. The van der Waals surface area contributed by atoms with E-state index in [-0.39, 0.29) is 11.5 Å². The van der Waals surface area contributed by atoms with E-state index in [0.717, 1.165) is 10.6 Å². The molecule has 0 saturated heterocycles. The minimum Gasteiger partial charge on any atom is -0.323 e. The Balaban J connectivity index is 2.10. The van der Waals surface area contributed by atoms with E-state index < -0.39 is 0 Å². The molecule has 0 aliphatic rings. The van der Waals surface area contributed by atoms with Crippen molar-refractivity contribution in [1.82, 2.24) is 4.98 Å². The first-order valence-corrected chi connectivity index (χ1v) is 7.68. The molecule has 1 heterocycles. The van der Waals surface area contributed by atoms with Gasteiger partial charge in [-0.1, -0.05) is 44.7 Å². The average Bonchev–Trinajstić information content (AvgIpc) is 2.39. The Morgan fingerprint density at radius 1 is 1.00 bits per heavy atom. The third-order valence-corrected chi connectivity index (χ3v) is 4.17. The largest absolute Gasteiger partial charge is 0.323 e. The van der Waals surface area contributed by atoms with Crippen LogP contribution in [0.5, 0.6) is 0 Å².